The van der Waals surface area contributed by atoms with E-state index in [-0.39, 0.29) is 11.8 Å². The number of amides is 2. The Hall–Kier alpha value is -3.40. The lowest BCUT2D eigenvalue weighted by Crippen LogP contribution is -2.15. The second-order valence-corrected chi connectivity index (χ2v) is 6.67. The van der Waals surface area contributed by atoms with Crippen molar-refractivity contribution in [2.24, 2.45) is 0 Å². The fraction of sp³-hybridized carbons (Fsp3) is 0.130. The molecule has 136 valence electrons. The van der Waals surface area contributed by atoms with E-state index in [2.05, 4.69) is 10.6 Å². The molecule has 4 nitrogen and oxygen atoms in total. The van der Waals surface area contributed by atoms with Gasteiger partial charge < -0.3 is 10.6 Å². The first-order chi connectivity index (χ1) is 12.9. The zero-order valence-corrected chi connectivity index (χ0v) is 15.7. The van der Waals surface area contributed by atoms with Crippen LogP contribution in [0.5, 0.6) is 0 Å². The van der Waals surface area contributed by atoms with Crippen LogP contribution >= 0.6 is 0 Å². The SMILES string of the molecule is Cc1cccc(NC(=O)c2ccc(C(=O)Nc3cc(C)ccc3C)cc2)c1. The first-order valence-electron chi connectivity index (χ1n) is 8.79. The van der Waals surface area contributed by atoms with Gasteiger partial charge in [-0.25, -0.2) is 0 Å². The maximum absolute atomic E-state index is 12.5. The molecule has 0 saturated heterocycles. The Kier molecular flexibility index (Phi) is 5.36. The highest BCUT2D eigenvalue weighted by Gasteiger charge is 2.11. The molecule has 2 N–H and O–H groups in total. The normalized spacial score (nSPS) is 10.3. The molecule has 0 aliphatic carbocycles. The van der Waals surface area contributed by atoms with Crippen molar-refractivity contribution in [3.8, 4) is 0 Å². The Bertz CT molecular complexity index is 992. The molecule has 0 aliphatic heterocycles. The summed E-state index contributed by atoms with van der Waals surface area (Å²) in [6.07, 6.45) is 0. The summed E-state index contributed by atoms with van der Waals surface area (Å²) in [6.45, 7) is 5.91. The number of carbonyl (C=O) groups excluding carboxylic acids is 2. The molecule has 0 spiro atoms. The molecule has 0 aliphatic rings. The molecule has 3 rings (SSSR count). The van der Waals surface area contributed by atoms with Crippen molar-refractivity contribution in [3.05, 3.63) is 94.5 Å². The van der Waals surface area contributed by atoms with Gasteiger partial charge in [-0.1, -0.05) is 24.3 Å². The number of nitrogens with one attached hydrogen (secondary N) is 2. The van der Waals surface area contributed by atoms with E-state index in [1.54, 1.807) is 24.3 Å². The summed E-state index contributed by atoms with van der Waals surface area (Å²) in [5, 5.41) is 5.78. The number of anilines is 2. The second-order valence-electron chi connectivity index (χ2n) is 6.67. The highest BCUT2D eigenvalue weighted by atomic mass is 16.2. The lowest BCUT2D eigenvalue weighted by atomic mass is 10.1. The summed E-state index contributed by atoms with van der Waals surface area (Å²) >= 11 is 0. The Morgan fingerprint density at radius 3 is 1.89 bits per heavy atom. The van der Waals surface area contributed by atoms with E-state index in [9.17, 15) is 9.59 Å². The number of hydrogen-bond acceptors (Lipinski definition) is 2. The number of benzene rings is 3. The fourth-order valence-electron chi connectivity index (χ4n) is 2.76. The van der Waals surface area contributed by atoms with Crippen molar-refractivity contribution in [1.82, 2.24) is 0 Å². The van der Waals surface area contributed by atoms with Crippen LogP contribution in [0.1, 0.15) is 37.4 Å². The van der Waals surface area contributed by atoms with Gasteiger partial charge in [0.25, 0.3) is 11.8 Å². The Balaban J connectivity index is 1.70. The number of aryl methyl sites for hydroxylation is 3. The molecule has 0 radical (unpaired) electrons. The summed E-state index contributed by atoms with van der Waals surface area (Å²) in [4.78, 5) is 24.8. The molecule has 27 heavy (non-hydrogen) atoms. The van der Waals surface area contributed by atoms with Crippen LogP contribution in [0, 0.1) is 20.8 Å². The van der Waals surface area contributed by atoms with Gasteiger partial charge in [0.2, 0.25) is 0 Å². The largest absolute Gasteiger partial charge is 0.322 e. The van der Waals surface area contributed by atoms with Gasteiger partial charge in [-0.15, -0.1) is 0 Å². The standard InChI is InChI=1S/C23H22N2O2/c1-15-5-4-6-20(13-15)24-22(26)18-9-11-19(12-10-18)23(27)25-21-14-16(2)7-8-17(21)3/h4-14H,1-3H3,(H,24,26)(H,25,27). The van der Waals surface area contributed by atoms with Gasteiger partial charge in [0, 0.05) is 22.5 Å². The third-order valence-corrected chi connectivity index (χ3v) is 4.33. The summed E-state index contributed by atoms with van der Waals surface area (Å²) in [5.74, 6) is -0.406. The number of carbonyl (C=O) groups is 2. The smallest absolute Gasteiger partial charge is 0.255 e. The summed E-state index contributed by atoms with van der Waals surface area (Å²) in [6, 6.07) is 20.2. The minimum atomic E-state index is -0.206. The lowest BCUT2D eigenvalue weighted by Gasteiger charge is -2.10. The lowest BCUT2D eigenvalue weighted by molar-refractivity contribution is 0.101. The highest BCUT2D eigenvalue weighted by Crippen LogP contribution is 2.18. The molecule has 0 atom stereocenters. The van der Waals surface area contributed by atoms with Crippen molar-refractivity contribution in [2.45, 2.75) is 20.8 Å². The molecule has 0 heterocycles. The van der Waals surface area contributed by atoms with Crippen LogP contribution in [0.2, 0.25) is 0 Å². The minimum Gasteiger partial charge on any atom is -0.322 e. The van der Waals surface area contributed by atoms with Gasteiger partial charge in [-0.2, -0.15) is 0 Å². The van der Waals surface area contributed by atoms with Gasteiger partial charge >= 0.3 is 0 Å². The molecule has 0 bridgehead atoms. The first kappa shape index (κ1) is 18.4. The predicted octanol–water partition coefficient (Wildman–Crippen LogP) is 5.12. The van der Waals surface area contributed by atoms with E-state index in [1.807, 2.05) is 63.2 Å². The van der Waals surface area contributed by atoms with Gasteiger partial charge in [0.15, 0.2) is 0 Å². The summed E-state index contributed by atoms with van der Waals surface area (Å²) in [5.41, 5.74) is 5.70. The molecule has 4 heteroatoms. The molecule has 3 aromatic carbocycles. The van der Waals surface area contributed by atoms with Crippen LogP contribution in [-0.4, -0.2) is 11.8 Å². The van der Waals surface area contributed by atoms with Gasteiger partial charge in [0.05, 0.1) is 0 Å². The van der Waals surface area contributed by atoms with Crippen LogP contribution in [0.25, 0.3) is 0 Å². The Morgan fingerprint density at radius 1 is 0.667 bits per heavy atom. The average Bonchev–Trinajstić information content (AvgIpc) is 2.65. The van der Waals surface area contributed by atoms with Crippen molar-refractivity contribution in [1.29, 1.82) is 0 Å². The third kappa shape index (κ3) is 4.61. The van der Waals surface area contributed by atoms with E-state index in [0.29, 0.717) is 11.1 Å². The van der Waals surface area contributed by atoms with Crippen molar-refractivity contribution >= 4 is 23.2 Å². The topological polar surface area (TPSA) is 58.2 Å². The quantitative estimate of drug-likeness (QED) is 0.680. The third-order valence-electron chi connectivity index (χ3n) is 4.33. The summed E-state index contributed by atoms with van der Waals surface area (Å²) < 4.78 is 0. The van der Waals surface area contributed by atoms with Gasteiger partial charge in [0.1, 0.15) is 0 Å². The number of hydrogen-bond donors (Lipinski definition) is 2. The second kappa shape index (κ2) is 7.87. The van der Waals surface area contributed by atoms with Crippen LogP contribution in [0.3, 0.4) is 0 Å². The molecule has 0 fully saturated rings. The molecular formula is C23H22N2O2. The average molecular weight is 358 g/mol. The number of rotatable bonds is 4. The fourth-order valence-corrected chi connectivity index (χ4v) is 2.76. The maximum atomic E-state index is 12.5. The highest BCUT2D eigenvalue weighted by molar-refractivity contribution is 6.07. The van der Waals surface area contributed by atoms with Crippen molar-refractivity contribution in [2.75, 3.05) is 10.6 Å². The summed E-state index contributed by atoms with van der Waals surface area (Å²) in [7, 11) is 0. The van der Waals surface area contributed by atoms with Crippen molar-refractivity contribution in [3.63, 3.8) is 0 Å². The van der Waals surface area contributed by atoms with E-state index in [4.69, 9.17) is 0 Å². The monoisotopic (exact) mass is 358 g/mol. The Labute approximate surface area is 159 Å². The predicted molar refractivity (Wildman–Crippen MR) is 109 cm³/mol. The van der Waals surface area contributed by atoms with Crippen molar-refractivity contribution < 1.29 is 9.59 Å². The van der Waals surface area contributed by atoms with E-state index >= 15 is 0 Å². The van der Waals surface area contributed by atoms with Crippen LogP contribution in [-0.2, 0) is 0 Å². The molecule has 0 unspecified atom stereocenters. The zero-order valence-electron chi connectivity index (χ0n) is 15.7. The molecule has 0 aromatic heterocycles. The van der Waals surface area contributed by atoms with Crippen LogP contribution in [0.4, 0.5) is 11.4 Å². The van der Waals surface area contributed by atoms with E-state index in [1.165, 1.54) is 0 Å². The van der Waals surface area contributed by atoms with E-state index < -0.39 is 0 Å². The molecule has 2 amide bonds. The molecule has 3 aromatic rings. The molecule has 0 saturated carbocycles. The van der Waals surface area contributed by atoms with Crippen LogP contribution < -0.4 is 10.6 Å². The van der Waals surface area contributed by atoms with Gasteiger partial charge in [-0.3, -0.25) is 9.59 Å². The van der Waals surface area contributed by atoms with E-state index in [0.717, 1.165) is 28.1 Å². The van der Waals surface area contributed by atoms with Gasteiger partial charge in [-0.05, 0) is 79.9 Å². The first-order valence-corrected chi connectivity index (χ1v) is 8.79. The molecular weight excluding hydrogens is 336 g/mol. The maximum Gasteiger partial charge on any atom is 0.255 e. The minimum absolute atomic E-state index is 0.200. The Morgan fingerprint density at radius 2 is 1.26 bits per heavy atom. The van der Waals surface area contributed by atoms with Crippen LogP contribution in [0.15, 0.2) is 66.7 Å². The zero-order chi connectivity index (χ0) is 19.4.